The fraction of sp³-hybridized carbons (Fsp3) is 0.294. The molecule has 0 heteroatoms. The van der Waals surface area contributed by atoms with E-state index in [0.29, 0.717) is 10.8 Å². The van der Waals surface area contributed by atoms with Crippen LogP contribution in [0, 0.1) is 0 Å². The topological polar surface area (TPSA) is 0 Å². The van der Waals surface area contributed by atoms with Crippen LogP contribution in [0.25, 0.3) is 0 Å². The zero-order valence-electron chi connectivity index (χ0n) is 9.74. The number of hydrogen-bond donors (Lipinski definition) is 0. The normalized spacial score (nSPS) is 34.8. The first-order valence-electron chi connectivity index (χ1n) is 6.57. The van der Waals surface area contributed by atoms with Gasteiger partial charge in [-0.3, -0.25) is 0 Å². The SMILES string of the molecule is c1ccc2c(c1)C13CCC2(C1)c1ccccc13. The molecule has 0 nitrogen and oxygen atoms in total. The zero-order valence-corrected chi connectivity index (χ0v) is 9.74. The highest BCUT2D eigenvalue weighted by Gasteiger charge is 2.65. The highest BCUT2D eigenvalue weighted by Crippen LogP contribution is 2.72. The van der Waals surface area contributed by atoms with Gasteiger partial charge in [-0.25, -0.2) is 0 Å². The Balaban J connectivity index is 1.98. The molecule has 3 aliphatic rings. The summed E-state index contributed by atoms with van der Waals surface area (Å²) in [5.74, 6) is 0. The van der Waals surface area contributed by atoms with Crippen molar-refractivity contribution in [3.63, 3.8) is 0 Å². The third kappa shape index (κ3) is 0.677. The molecule has 0 saturated heterocycles. The van der Waals surface area contributed by atoms with Gasteiger partial charge in [-0.05, 0) is 41.5 Å². The first-order valence-corrected chi connectivity index (χ1v) is 6.57. The summed E-state index contributed by atoms with van der Waals surface area (Å²) in [6.45, 7) is 0. The summed E-state index contributed by atoms with van der Waals surface area (Å²) in [5, 5.41) is 0. The Morgan fingerprint density at radius 2 is 0.941 bits per heavy atom. The maximum atomic E-state index is 2.37. The summed E-state index contributed by atoms with van der Waals surface area (Å²) in [4.78, 5) is 0. The molecule has 2 aromatic rings. The van der Waals surface area contributed by atoms with Gasteiger partial charge in [-0.2, -0.15) is 0 Å². The van der Waals surface area contributed by atoms with E-state index in [0.717, 1.165) is 0 Å². The van der Waals surface area contributed by atoms with Crippen molar-refractivity contribution in [3.8, 4) is 0 Å². The average molecular weight is 218 g/mol. The lowest BCUT2D eigenvalue weighted by Crippen LogP contribution is -2.31. The summed E-state index contributed by atoms with van der Waals surface area (Å²) in [7, 11) is 0. The van der Waals surface area contributed by atoms with E-state index in [4.69, 9.17) is 0 Å². The van der Waals surface area contributed by atoms with Crippen molar-refractivity contribution >= 4 is 0 Å². The number of hydrogen-bond acceptors (Lipinski definition) is 0. The van der Waals surface area contributed by atoms with Crippen LogP contribution in [0.2, 0.25) is 0 Å². The molecule has 0 spiro atoms. The largest absolute Gasteiger partial charge is 0.0619 e. The van der Waals surface area contributed by atoms with Gasteiger partial charge in [-0.15, -0.1) is 0 Å². The van der Waals surface area contributed by atoms with Gasteiger partial charge in [0.2, 0.25) is 0 Å². The van der Waals surface area contributed by atoms with Gasteiger partial charge in [0.15, 0.2) is 0 Å². The van der Waals surface area contributed by atoms with Crippen LogP contribution in [0.5, 0.6) is 0 Å². The summed E-state index contributed by atoms with van der Waals surface area (Å²) in [5.41, 5.74) is 7.28. The molecule has 0 radical (unpaired) electrons. The molecule has 5 rings (SSSR count). The van der Waals surface area contributed by atoms with Crippen LogP contribution in [0.4, 0.5) is 0 Å². The van der Waals surface area contributed by atoms with Gasteiger partial charge in [-0.1, -0.05) is 48.5 Å². The quantitative estimate of drug-likeness (QED) is 0.631. The molecule has 0 atom stereocenters. The van der Waals surface area contributed by atoms with E-state index in [1.807, 2.05) is 0 Å². The van der Waals surface area contributed by atoms with Crippen LogP contribution >= 0.6 is 0 Å². The fourth-order valence-corrected chi connectivity index (χ4v) is 4.96. The van der Waals surface area contributed by atoms with Crippen molar-refractivity contribution in [2.45, 2.75) is 30.1 Å². The van der Waals surface area contributed by atoms with E-state index < -0.39 is 0 Å². The highest BCUT2D eigenvalue weighted by atomic mass is 14.7. The molecule has 0 aromatic heterocycles. The lowest BCUT2D eigenvalue weighted by Gasteiger charge is -2.39. The zero-order chi connectivity index (χ0) is 11.1. The van der Waals surface area contributed by atoms with Gasteiger partial charge in [0, 0.05) is 10.8 Å². The minimum absolute atomic E-state index is 0.382. The van der Waals surface area contributed by atoms with Crippen LogP contribution in [0.3, 0.4) is 0 Å². The van der Waals surface area contributed by atoms with Gasteiger partial charge in [0.1, 0.15) is 0 Å². The van der Waals surface area contributed by atoms with Crippen molar-refractivity contribution in [1.29, 1.82) is 0 Å². The van der Waals surface area contributed by atoms with E-state index in [2.05, 4.69) is 48.5 Å². The molecule has 0 amide bonds. The van der Waals surface area contributed by atoms with Crippen LogP contribution in [-0.4, -0.2) is 0 Å². The van der Waals surface area contributed by atoms with Crippen molar-refractivity contribution in [3.05, 3.63) is 70.8 Å². The summed E-state index contributed by atoms with van der Waals surface area (Å²) >= 11 is 0. The second-order valence-electron chi connectivity index (χ2n) is 5.93. The molecule has 0 N–H and O–H groups in total. The smallest absolute Gasteiger partial charge is 0.0221 e. The maximum Gasteiger partial charge on any atom is 0.0221 e. The summed E-state index contributed by atoms with van der Waals surface area (Å²) < 4.78 is 0. The van der Waals surface area contributed by atoms with Crippen LogP contribution in [0.1, 0.15) is 41.5 Å². The molecule has 2 aromatic carbocycles. The van der Waals surface area contributed by atoms with Crippen molar-refractivity contribution < 1.29 is 0 Å². The van der Waals surface area contributed by atoms with E-state index in [1.54, 1.807) is 22.3 Å². The predicted molar refractivity (Wildman–Crippen MR) is 68.3 cm³/mol. The lowest BCUT2D eigenvalue weighted by atomic mass is 9.64. The molecular formula is C17H14. The van der Waals surface area contributed by atoms with E-state index in [-0.39, 0.29) is 0 Å². The third-order valence-electron chi connectivity index (χ3n) is 5.50. The van der Waals surface area contributed by atoms with Gasteiger partial charge >= 0.3 is 0 Å². The molecule has 0 heterocycles. The molecule has 1 fully saturated rings. The van der Waals surface area contributed by atoms with Gasteiger partial charge in [0.05, 0.1) is 0 Å². The molecular weight excluding hydrogens is 204 g/mol. The summed E-state index contributed by atoms with van der Waals surface area (Å²) in [6, 6.07) is 18.3. The van der Waals surface area contributed by atoms with E-state index >= 15 is 0 Å². The number of benzene rings is 2. The Hall–Kier alpha value is -1.56. The Bertz CT molecular complexity index is 547. The Kier molecular flexibility index (Phi) is 1.17. The predicted octanol–water partition coefficient (Wildman–Crippen LogP) is 3.77. The van der Waals surface area contributed by atoms with Crippen LogP contribution in [-0.2, 0) is 10.8 Å². The highest BCUT2D eigenvalue weighted by molar-refractivity contribution is 5.68. The first-order chi connectivity index (χ1) is 8.37. The van der Waals surface area contributed by atoms with Crippen LogP contribution in [0.15, 0.2) is 48.5 Å². The number of fused-ring (bicyclic) bond motifs is 2. The van der Waals surface area contributed by atoms with Crippen molar-refractivity contribution in [1.82, 2.24) is 0 Å². The minimum atomic E-state index is 0.382. The second kappa shape index (κ2) is 2.33. The second-order valence-corrected chi connectivity index (χ2v) is 5.93. The van der Waals surface area contributed by atoms with Gasteiger partial charge in [0.25, 0.3) is 0 Å². The molecule has 0 aliphatic heterocycles. The monoisotopic (exact) mass is 218 g/mol. The Morgan fingerprint density at radius 3 is 1.29 bits per heavy atom. The number of rotatable bonds is 0. The maximum absolute atomic E-state index is 2.37. The Morgan fingerprint density at radius 1 is 0.588 bits per heavy atom. The molecule has 0 unspecified atom stereocenters. The Labute approximate surface area is 101 Å². The fourth-order valence-electron chi connectivity index (χ4n) is 4.96. The van der Waals surface area contributed by atoms with Crippen LogP contribution < -0.4 is 0 Å². The molecule has 17 heavy (non-hydrogen) atoms. The van der Waals surface area contributed by atoms with Gasteiger partial charge < -0.3 is 0 Å². The first kappa shape index (κ1) is 8.52. The molecule has 82 valence electrons. The van der Waals surface area contributed by atoms with Crippen molar-refractivity contribution in [2.75, 3.05) is 0 Å². The minimum Gasteiger partial charge on any atom is -0.0619 e. The third-order valence-corrected chi connectivity index (χ3v) is 5.50. The standard InChI is InChI=1S/C17H14/c1-2-6-13-12(5-1)16-9-10-17(13,11-16)15-8-4-3-7-14(15)16/h1-8H,9-11H2. The molecule has 1 saturated carbocycles. The van der Waals surface area contributed by atoms with E-state index in [1.165, 1.54) is 19.3 Å². The van der Waals surface area contributed by atoms with Crippen molar-refractivity contribution in [2.24, 2.45) is 0 Å². The molecule has 2 bridgehead atoms. The van der Waals surface area contributed by atoms with E-state index in [9.17, 15) is 0 Å². The lowest BCUT2D eigenvalue weighted by molar-refractivity contribution is 0.517. The summed E-state index contributed by atoms with van der Waals surface area (Å²) in [6.07, 6.45) is 4.07. The molecule has 3 aliphatic carbocycles. The average Bonchev–Trinajstić information content (AvgIpc) is 3.02.